The first-order valence-electron chi connectivity index (χ1n) is 6.02. The van der Waals surface area contributed by atoms with E-state index in [2.05, 4.69) is 5.32 Å². The third-order valence-electron chi connectivity index (χ3n) is 3.48. The van der Waals surface area contributed by atoms with E-state index < -0.39 is 30.0 Å². The highest BCUT2D eigenvalue weighted by molar-refractivity contribution is 6.06. The summed E-state index contributed by atoms with van der Waals surface area (Å²) in [6.07, 6.45) is 0.939. The van der Waals surface area contributed by atoms with Crippen LogP contribution in [0.4, 0.5) is 4.79 Å². The predicted molar refractivity (Wildman–Crippen MR) is 62.1 cm³/mol. The number of imide groups is 1. The second kappa shape index (κ2) is 4.87. The summed E-state index contributed by atoms with van der Waals surface area (Å²) in [6.45, 7) is 0.341. The van der Waals surface area contributed by atoms with Crippen LogP contribution in [0.2, 0.25) is 0 Å². The molecule has 2 heterocycles. The van der Waals surface area contributed by atoms with E-state index in [0.29, 0.717) is 19.4 Å². The van der Waals surface area contributed by atoms with Crippen molar-refractivity contribution in [2.75, 3.05) is 13.6 Å². The number of rotatable bonds is 2. The Morgan fingerprint density at radius 2 is 2.05 bits per heavy atom. The number of nitrogens with one attached hydrogen (secondary N) is 1. The van der Waals surface area contributed by atoms with Gasteiger partial charge < -0.3 is 15.3 Å². The Hall–Kier alpha value is -2.12. The Balaban J connectivity index is 2.00. The molecule has 2 fully saturated rings. The van der Waals surface area contributed by atoms with E-state index in [4.69, 9.17) is 5.11 Å². The highest BCUT2D eigenvalue weighted by Crippen LogP contribution is 2.18. The van der Waals surface area contributed by atoms with Crippen molar-refractivity contribution in [1.82, 2.24) is 15.1 Å². The van der Waals surface area contributed by atoms with Gasteiger partial charge in [0.2, 0.25) is 5.91 Å². The standard InChI is InChI=1S/C11H15N3O5/c1-13-8(15)5-6(9(13)16)12-11(19)14-4-2-3-7(14)10(17)18/h6-7H,2-5H2,1H3,(H,12,19)(H,17,18)/t6?,7-/m1/s1. The lowest BCUT2D eigenvalue weighted by molar-refractivity contribution is -0.141. The number of carbonyl (C=O) groups excluding carboxylic acids is 3. The van der Waals surface area contributed by atoms with Gasteiger partial charge in [0.05, 0.1) is 6.42 Å². The minimum absolute atomic E-state index is 0.0767. The van der Waals surface area contributed by atoms with Crippen LogP contribution in [0.1, 0.15) is 19.3 Å². The van der Waals surface area contributed by atoms with Crippen LogP contribution in [0.3, 0.4) is 0 Å². The molecule has 0 aromatic heterocycles. The number of hydrogen-bond acceptors (Lipinski definition) is 4. The Morgan fingerprint density at radius 1 is 1.37 bits per heavy atom. The number of carboxylic acid groups (broad SMARTS) is 1. The summed E-state index contributed by atoms with van der Waals surface area (Å²) in [5.41, 5.74) is 0. The molecule has 0 aromatic rings. The fourth-order valence-electron chi connectivity index (χ4n) is 2.37. The molecule has 0 bridgehead atoms. The predicted octanol–water partition coefficient (Wildman–Crippen LogP) is -0.998. The zero-order chi connectivity index (χ0) is 14.2. The smallest absolute Gasteiger partial charge is 0.326 e. The van der Waals surface area contributed by atoms with Crippen molar-refractivity contribution in [3.63, 3.8) is 0 Å². The van der Waals surface area contributed by atoms with Crippen molar-refractivity contribution in [2.24, 2.45) is 0 Å². The molecule has 0 aliphatic carbocycles. The van der Waals surface area contributed by atoms with Crippen molar-refractivity contribution in [3.8, 4) is 0 Å². The topological polar surface area (TPSA) is 107 Å². The maximum absolute atomic E-state index is 11.9. The molecule has 8 heteroatoms. The molecule has 0 saturated carbocycles. The Kier molecular flexibility index (Phi) is 3.41. The summed E-state index contributed by atoms with van der Waals surface area (Å²) in [4.78, 5) is 48.0. The van der Waals surface area contributed by atoms with Gasteiger partial charge >= 0.3 is 12.0 Å². The molecule has 2 N–H and O–H groups in total. The summed E-state index contributed by atoms with van der Waals surface area (Å²) in [5, 5.41) is 11.4. The van der Waals surface area contributed by atoms with E-state index in [1.54, 1.807) is 0 Å². The number of likely N-dealkylation sites (tertiary alicyclic amines) is 2. The number of urea groups is 1. The normalized spacial score (nSPS) is 27.0. The molecule has 1 unspecified atom stereocenters. The third kappa shape index (κ3) is 2.38. The van der Waals surface area contributed by atoms with Gasteiger partial charge in [-0.15, -0.1) is 0 Å². The number of carboxylic acids is 1. The second-order valence-electron chi connectivity index (χ2n) is 4.69. The van der Waals surface area contributed by atoms with Crippen LogP contribution in [0, 0.1) is 0 Å². The van der Waals surface area contributed by atoms with Crippen molar-refractivity contribution in [2.45, 2.75) is 31.3 Å². The molecule has 4 amide bonds. The van der Waals surface area contributed by atoms with Crippen LogP contribution in [0.25, 0.3) is 0 Å². The van der Waals surface area contributed by atoms with E-state index in [1.807, 2.05) is 0 Å². The van der Waals surface area contributed by atoms with E-state index >= 15 is 0 Å². The molecule has 2 saturated heterocycles. The lowest BCUT2D eigenvalue weighted by atomic mass is 10.2. The third-order valence-corrected chi connectivity index (χ3v) is 3.48. The summed E-state index contributed by atoms with van der Waals surface area (Å²) in [5.74, 6) is -1.88. The van der Waals surface area contributed by atoms with Crippen LogP contribution >= 0.6 is 0 Å². The number of likely N-dealkylation sites (N-methyl/N-ethyl adjacent to an activating group) is 1. The zero-order valence-electron chi connectivity index (χ0n) is 10.5. The number of nitrogens with zero attached hydrogens (tertiary/aromatic N) is 2. The van der Waals surface area contributed by atoms with Gasteiger partial charge in [0.25, 0.3) is 5.91 Å². The van der Waals surface area contributed by atoms with Gasteiger partial charge in [0, 0.05) is 13.6 Å². The summed E-state index contributed by atoms with van der Waals surface area (Å²) in [7, 11) is 1.35. The molecular weight excluding hydrogens is 254 g/mol. The average Bonchev–Trinajstić information content (AvgIpc) is 2.92. The minimum atomic E-state index is -1.06. The zero-order valence-corrected chi connectivity index (χ0v) is 10.5. The van der Waals surface area contributed by atoms with E-state index in [1.165, 1.54) is 11.9 Å². The highest BCUT2D eigenvalue weighted by atomic mass is 16.4. The van der Waals surface area contributed by atoms with Crippen LogP contribution in [0.5, 0.6) is 0 Å². The first-order chi connectivity index (χ1) is 8.91. The van der Waals surface area contributed by atoms with Gasteiger partial charge in [-0.1, -0.05) is 0 Å². The van der Waals surface area contributed by atoms with Crippen LogP contribution < -0.4 is 5.32 Å². The lowest BCUT2D eigenvalue weighted by Crippen LogP contribution is -2.50. The van der Waals surface area contributed by atoms with Crippen LogP contribution in [-0.4, -0.2) is 64.4 Å². The highest BCUT2D eigenvalue weighted by Gasteiger charge is 2.40. The van der Waals surface area contributed by atoms with Gasteiger partial charge in [-0.05, 0) is 12.8 Å². The molecule has 8 nitrogen and oxygen atoms in total. The molecule has 2 aliphatic rings. The molecule has 0 spiro atoms. The van der Waals surface area contributed by atoms with E-state index in [0.717, 1.165) is 4.90 Å². The van der Waals surface area contributed by atoms with Gasteiger partial charge in [0.1, 0.15) is 12.1 Å². The van der Waals surface area contributed by atoms with Crippen molar-refractivity contribution < 1.29 is 24.3 Å². The van der Waals surface area contributed by atoms with Crippen LogP contribution in [0.15, 0.2) is 0 Å². The number of aliphatic carboxylic acids is 1. The Morgan fingerprint density at radius 3 is 2.58 bits per heavy atom. The Labute approximate surface area is 109 Å². The number of hydrogen-bond donors (Lipinski definition) is 2. The van der Waals surface area contributed by atoms with E-state index in [9.17, 15) is 19.2 Å². The maximum Gasteiger partial charge on any atom is 0.326 e. The fourth-order valence-corrected chi connectivity index (χ4v) is 2.37. The van der Waals surface area contributed by atoms with Crippen molar-refractivity contribution >= 4 is 23.8 Å². The molecule has 2 rings (SSSR count). The quantitative estimate of drug-likeness (QED) is 0.625. The lowest BCUT2D eigenvalue weighted by Gasteiger charge is -2.23. The monoisotopic (exact) mass is 269 g/mol. The van der Waals surface area contributed by atoms with Crippen LogP contribution in [-0.2, 0) is 14.4 Å². The molecule has 2 atom stereocenters. The summed E-state index contributed by atoms with van der Waals surface area (Å²) < 4.78 is 0. The van der Waals surface area contributed by atoms with Crippen molar-refractivity contribution in [3.05, 3.63) is 0 Å². The molecule has 0 aromatic carbocycles. The van der Waals surface area contributed by atoms with Gasteiger partial charge in [-0.2, -0.15) is 0 Å². The number of amides is 4. The number of carbonyl (C=O) groups is 4. The molecule has 19 heavy (non-hydrogen) atoms. The van der Waals surface area contributed by atoms with Gasteiger partial charge in [-0.25, -0.2) is 9.59 Å². The summed E-state index contributed by atoms with van der Waals surface area (Å²) >= 11 is 0. The Bertz CT molecular complexity index is 450. The maximum atomic E-state index is 11.9. The second-order valence-corrected chi connectivity index (χ2v) is 4.69. The molecule has 0 radical (unpaired) electrons. The average molecular weight is 269 g/mol. The largest absolute Gasteiger partial charge is 0.480 e. The van der Waals surface area contributed by atoms with Gasteiger partial charge in [-0.3, -0.25) is 14.5 Å². The van der Waals surface area contributed by atoms with E-state index in [-0.39, 0.29) is 12.3 Å². The molecular formula is C11H15N3O5. The first kappa shape index (κ1) is 13.3. The molecule has 2 aliphatic heterocycles. The van der Waals surface area contributed by atoms with Gasteiger partial charge in [0.15, 0.2) is 0 Å². The van der Waals surface area contributed by atoms with Crippen molar-refractivity contribution in [1.29, 1.82) is 0 Å². The minimum Gasteiger partial charge on any atom is -0.480 e. The molecule has 104 valence electrons. The fraction of sp³-hybridized carbons (Fsp3) is 0.636. The first-order valence-corrected chi connectivity index (χ1v) is 6.02. The SMILES string of the molecule is CN1C(=O)CC(NC(=O)N2CCC[C@@H]2C(=O)O)C1=O. The summed E-state index contributed by atoms with van der Waals surface area (Å²) in [6, 6.07) is -2.35.